The third-order valence-electron chi connectivity index (χ3n) is 5.14. The number of aromatic nitrogens is 1. The molecule has 0 radical (unpaired) electrons. The first-order valence-corrected chi connectivity index (χ1v) is 11.5. The van der Waals surface area contributed by atoms with Crippen LogP contribution in [0.5, 0.6) is 5.75 Å². The number of thiazole rings is 1. The number of anilines is 1. The Labute approximate surface area is 208 Å². The summed E-state index contributed by atoms with van der Waals surface area (Å²) in [6.07, 6.45) is 1.04. The standard InChI is InChI=1S/C23H18N4O5S2.CH4/c1-31-13-7-5-12(6-8-13)26-21(29)19-18(15-4-3-9-33-15)14(11-24)20(25)27-22(30)16(34-23(19)27)10-17(28)32-2;/h3-10,18H,25H2,1-2H3,(H,26,29);1H4/b16-10-;. The van der Waals surface area contributed by atoms with E-state index in [1.165, 1.54) is 25.6 Å². The average molecular weight is 511 g/mol. The van der Waals surface area contributed by atoms with Crippen LogP contribution in [0.3, 0.4) is 0 Å². The molecule has 3 aromatic rings. The second kappa shape index (κ2) is 10.4. The van der Waals surface area contributed by atoms with Gasteiger partial charge in [-0.25, -0.2) is 4.79 Å². The van der Waals surface area contributed by atoms with Crippen LogP contribution in [-0.4, -0.2) is 30.7 Å². The molecule has 0 spiro atoms. The van der Waals surface area contributed by atoms with E-state index in [2.05, 4.69) is 16.1 Å². The van der Waals surface area contributed by atoms with E-state index in [9.17, 15) is 19.6 Å². The molecule has 180 valence electrons. The van der Waals surface area contributed by atoms with Gasteiger partial charge in [0.25, 0.3) is 11.5 Å². The summed E-state index contributed by atoms with van der Waals surface area (Å²) in [6, 6.07) is 12.4. The number of carbonyl (C=O) groups excluding carboxylic acids is 2. The predicted octanol–water partition coefficient (Wildman–Crippen LogP) is 1.81. The van der Waals surface area contributed by atoms with Crippen molar-refractivity contribution in [3.63, 3.8) is 0 Å². The monoisotopic (exact) mass is 510 g/mol. The number of carbonyl (C=O) groups is 2. The van der Waals surface area contributed by atoms with Crippen molar-refractivity contribution in [3.8, 4) is 11.8 Å². The van der Waals surface area contributed by atoms with Crippen molar-refractivity contribution in [2.45, 2.75) is 13.3 Å². The second-order valence-corrected chi connectivity index (χ2v) is 9.04. The number of nitrogens with one attached hydrogen (secondary N) is 1. The Balaban J connectivity index is 0.00000342. The lowest BCUT2D eigenvalue weighted by molar-refractivity contribution is -0.133. The van der Waals surface area contributed by atoms with Crippen molar-refractivity contribution >= 4 is 57.7 Å². The molecule has 35 heavy (non-hydrogen) atoms. The highest BCUT2D eigenvalue weighted by Crippen LogP contribution is 2.38. The van der Waals surface area contributed by atoms with Gasteiger partial charge in [-0.05, 0) is 35.7 Å². The zero-order valence-electron chi connectivity index (χ0n) is 18.0. The van der Waals surface area contributed by atoms with Crippen LogP contribution in [0, 0.1) is 11.3 Å². The zero-order chi connectivity index (χ0) is 24.4. The number of ether oxygens (including phenoxy) is 2. The number of allylic oxidation sites excluding steroid dienone is 1. The lowest BCUT2D eigenvalue weighted by atomic mass is 9.88. The number of hydrogen-bond donors (Lipinski definition) is 2. The summed E-state index contributed by atoms with van der Waals surface area (Å²) in [6.45, 7) is 0. The highest BCUT2D eigenvalue weighted by molar-refractivity contribution is 7.10. The molecule has 3 N–H and O–H groups in total. The summed E-state index contributed by atoms with van der Waals surface area (Å²) in [7, 11) is 2.73. The molecule has 1 atom stereocenters. The number of amides is 1. The number of nitriles is 1. The zero-order valence-corrected chi connectivity index (χ0v) is 19.7. The number of nitrogens with zero attached hydrogens (tertiary/aromatic N) is 2. The van der Waals surface area contributed by atoms with Crippen LogP contribution in [0.4, 0.5) is 5.69 Å². The molecule has 0 saturated carbocycles. The van der Waals surface area contributed by atoms with E-state index in [1.807, 2.05) is 5.38 Å². The summed E-state index contributed by atoms with van der Waals surface area (Å²) in [5, 5.41) is 14.6. The molecular weight excluding hydrogens is 488 g/mol. The van der Waals surface area contributed by atoms with Crippen LogP contribution in [0.2, 0.25) is 0 Å². The first-order chi connectivity index (χ1) is 16.4. The minimum absolute atomic E-state index is 0. The number of hydrogen-bond acceptors (Lipinski definition) is 9. The SMILES string of the molecule is C.COC(=O)/C=c1\sc2n(c1=O)C(N)=C(C#N)C(c1cccs1)C=2C(=O)Nc1ccc(OC)cc1. The maximum Gasteiger partial charge on any atom is 0.332 e. The lowest BCUT2D eigenvalue weighted by Gasteiger charge is -2.24. The van der Waals surface area contributed by atoms with Crippen LogP contribution >= 0.6 is 22.7 Å². The Morgan fingerprint density at radius 3 is 2.51 bits per heavy atom. The second-order valence-electron chi connectivity index (χ2n) is 7.03. The van der Waals surface area contributed by atoms with Gasteiger partial charge in [0.2, 0.25) is 0 Å². The molecule has 9 nitrogen and oxygen atoms in total. The van der Waals surface area contributed by atoms with Crippen LogP contribution in [0.1, 0.15) is 18.2 Å². The molecule has 1 amide bonds. The fraction of sp³-hybridized carbons (Fsp3) is 0.167. The van der Waals surface area contributed by atoms with E-state index in [4.69, 9.17) is 10.5 Å². The van der Waals surface area contributed by atoms with Crippen LogP contribution in [-0.2, 0) is 14.3 Å². The predicted molar refractivity (Wildman–Crippen MR) is 136 cm³/mol. The molecule has 2 aromatic heterocycles. The molecule has 1 aliphatic heterocycles. The van der Waals surface area contributed by atoms with E-state index < -0.39 is 23.4 Å². The van der Waals surface area contributed by atoms with Gasteiger partial charge in [-0.15, -0.1) is 22.7 Å². The first kappa shape index (κ1) is 25.5. The summed E-state index contributed by atoms with van der Waals surface area (Å²) in [5.74, 6) is -1.48. The van der Waals surface area contributed by atoms with Gasteiger partial charge in [0.1, 0.15) is 20.8 Å². The van der Waals surface area contributed by atoms with Gasteiger partial charge in [0, 0.05) is 16.6 Å². The smallest absolute Gasteiger partial charge is 0.332 e. The van der Waals surface area contributed by atoms with Gasteiger partial charge in [-0.1, -0.05) is 13.5 Å². The van der Waals surface area contributed by atoms with Crippen LogP contribution < -0.4 is 30.5 Å². The van der Waals surface area contributed by atoms with Crippen molar-refractivity contribution in [3.05, 3.63) is 71.8 Å². The van der Waals surface area contributed by atoms with E-state index >= 15 is 0 Å². The van der Waals surface area contributed by atoms with Gasteiger partial charge in [-0.2, -0.15) is 5.26 Å². The van der Waals surface area contributed by atoms with Crippen molar-refractivity contribution in [2.24, 2.45) is 5.73 Å². The first-order valence-electron chi connectivity index (χ1n) is 9.84. The Kier molecular flexibility index (Phi) is 7.58. The molecular formula is C24H22N4O5S2. The average Bonchev–Trinajstić information content (AvgIpc) is 3.48. The molecule has 11 heteroatoms. The largest absolute Gasteiger partial charge is 0.497 e. The molecule has 1 unspecified atom stereocenters. The molecule has 0 bridgehead atoms. The molecule has 0 saturated heterocycles. The van der Waals surface area contributed by atoms with Gasteiger partial charge < -0.3 is 20.5 Å². The maximum atomic E-state index is 13.6. The summed E-state index contributed by atoms with van der Waals surface area (Å²) in [4.78, 5) is 39.2. The number of nitrogens with two attached hydrogens (primary N) is 1. The fourth-order valence-electron chi connectivity index (χ4n) is 3.55. The number of fused-ring (bicyclic) bond motifs is 1. The minimum Gasteiger partial charge on any atom is -0.497 e. The molecule has 1 aromatic carbocycles. The highest BCUT2D eigenvalue weighted by Gasteiger charge is 2.36. The van der Waals surface area contributed by atoms with Gasteiger partial charge >= 0.3 is 5.97 Å². The highest BCUT2D eigenvalue weighted by atomic mass is 32.1. The minimum atomic E-state index is -0.785. The number of thiophene rings is 1. The molecule has 3 heterocycles. The Morgan fingerprint density at radius 2 is 1.94 bits per heavy atom. The van der Waals surface area contributed by atoms with Crippen LogP contribution in [0.25, 0.3) is 17.5 Å². The number of methoxy groups -OCH3 is 2. The molecule has 4 rings (SSSR count). The van der Waals surface area contributed by atoms with Crippen molar-refractivity contribution in [1.82, 2.24) is 4.57 Å². The number of rotatable bonds is 5. The summed E-state index contributed by atoms with van der Waals surface area (Å²) >= 11 is 2.29. The summed E-state index contributed by atoms with van der Waals surface area (Å²) < 4.78 is 11.2. The lowest BCUT2D eigenvalue weighted by Crippen LogP contribution is -2.40. The fourth-order valence-corrected chi connectivity index (χ4v) is 5.52. The van der Waals surface area contributed by atoms with E-state index in [1.54, 1.807) is 36.4 Å². The molecule has 0 aliphatic carbocycles. The third kappa shape index (κ3) is 4.62. The van der Waals surface area contributed by atoms with E-state index in [0.717, 1.165) is 22.0 Å². The van der Waals surface area contributed by atoms with Crippen molar-refractivity contribution in [1.29, 1.82) is 5.26 Å². The van der Waals surface area contributed by atoms with Gasteiger partial charge in [0.05, 0.1) is 37.4 Å². The normalized spacial score (nSPS) is 15.1. The van der Waals surface area contributed by atoms with Crippen molar-refractivity contribution < 1.29 is 19.1 Å². The quantitative estimate of drug-likeness (QED) is 0.500. The van der Waals surface area contributed by atoms with Gasteiger partial charge in [0.15, 0.2) is 0 Å². The Hall–Kier alpha value is -4.14. The number of esters is 1. The number of benzene rings is 1. The van der Waals surface area contributed by atoms with Crippen LogP contribution in [0.15, 0.2) is 52.1 Å². The topological polar surface area (TPSA) is 136 Å². The van der Waals surface area contributed by atoms with Gasteiger partial charge in [-0.3, -0.25) is 14.2 Å². The van der Waals surface area contributed by atoms with E-state index in [-0.39, 0.29) is 33.6 Å². The molecule has 0 fully saturated rings. The Morgan fingerprint density at radius 1 is 1.23 bits per heavy atom. The molecule has 1 aliphatic rings. The Bertz CT molecular complexity index is 1520. The van der Waals surface area contributed by atoms with Crippen molar-refractivity contribution in [2.75, 3.05) is 19.5 Å². The van der Waals surface area contributed by atoms with E-state index in [0.29, 0.717) is 16.3 Å². The summed E-state index contributed by atoms with van der Waals surface area (Å²) in [5.41, 5.74) is 6.39. The third-order valence-corrected chi connectivity index (χ3v) is 7.18. The maximum absolute atomic E-state index is 13.6.